The lowest BCUT2D eigenvalue weighted by molar-refractivity contribution is -0.304. The van der Waals surface area contributed by atoms with Gasteiger partial charge in [0.25, 0.3) is 0 Å². The van der Waals surface area contributed by atoms with Gasteiger partial charge in [-0.05, 0) is 24.1 Å². The van der Waals surface area contributed by atoms with Crippen molar-refractivity contribution in [2.75, 3.05) is 0 Å². The largest absolute Gasteiger partial charge is 0.549 e. The number of carboxylic acid groups (broad SMARTS) is 1. The molecule has 1 atom stereocenters. The van der Waals surface area contributed by atoms with Gasteiger partial charge in [0.1, 0.15) is 5.82 Å². The Balaban J connectivity index is 2.20. The highest BCUT2D eigenvalue weighted by Gasteiger charge is 2.17. The average molecular weight is 351 g/mol. The van der Waals surface area contributed by atoms with Crippen molar-refractivity contribution in [1.82, 2.24) is 9.55 Å². The summed E-state index contributed by atoms with van der Waals surface area (Å²) in [4.78, 5) is 15.6. The molecule has 5 nitrogen and oxygen atoms in total. The molecule has 2 rings (SSSR count). The van der Waals surface area contributed by atoms with Gasteiger partial charge in [0.05, 0.1) is 23.5 Å². The number of thioether (sulfide) groups is 1. The molecule has 0 saturated carbocycles. The molecule has 0 fully saturated rings. The number of carboxylic acids is 1. The van der Waals surface area contributed by atoms with Gasteiger partial charge in [0.15, 0.2) is 5.16 Å². The van der Waals surface area contributed by atoms with Gasteiger partial charge < -0.3 is 19.6 Å². The Kier molecular flexibility index (Phi) is 6.81. The number of aliphatic carboxylic acids is 1. The summed E-state index contributed by atoms with van der Waals surface area (Å²) >= 11 is 1.13. The molecule has 0 unspecified atom stereocenters. The Labute approximate surface area is 144 Å². The van der Waals surface area contributed by atoms with E-state index in [1.54, 1.807) is 22.9 Å². The normalized spacial score (nSPS) is 12.3. The number of imidazole rings is 1. The molecule has 1 aromatic heterocycles. The molecule has 0 radical (unpaired) electrons. The molecular formula is C17H20FN2O3S-. The second-order valence-electron chi connectivity index (χ2n) is 5.50. The fourth-order valence-corrected chi connectivity index (χ4v) is 3.32. The van der Waals surface area contributed by atoms with Crippen LogP contribution in [0.4, 0.5) is 4.39 Å². The lowest BCUT2D eigenvalue weighted by Crippen LogP contribution is -2.33. The number of carbonyl (C=O) groups excluding carboxylic acids is 1. The lowest BCUT2D eigenvalue weighted by Gasteiger charge is -2.17. The second kappa shape index (κ2) is 8.84. The molecule has 130 valence electrons. The third-order valence-corrected chi connectivity index (χ3v) is 4.80. The molecule has 7 heteroatoms. The Hall–Kier alpha value is -1.86. The summed E-state index contributed by atoms with van der Waals surface area (Å²) in [5, 5.41) is 20.5. The van der Waals surface area contributed by atoms with Crippen LogP contribution in [0.1, 0.15) is 37.4 Å². The Morgan fingerprint density at radius 1 is 1.42 bits per heavy atom. The maximum Gasteiger partial charge on any atom is 0.169 e. The first-order valence-corrected chi connectivity index (χ1v) is 8.70. The predicted octanol–water partition coefficient (Wildman–Crippen LogP) is 1.96. The van der Waals surface area contributed by atoms with Gasteiger partial charge in [-0.25, -0.2) is 9.37 Å². The monoisotopic (exact) mass is 351 g/mol. The number of nitrogens with zero attached hydrogens (tertiary/aromatic N) is 2. The minimum atomic E-state index is -1.12. The average Bonchev–Trinajstić information content (AvgIpc) is 2.95. The van der Waals surface area contributed by atoms with Gasteiger partial charge in [0.2, 0.25) is 0 Å². The highest BCUT2D eigenvalue weighted by molar-refractivity contribution is 8.00. The van der Waals surface area contributed by atoms with Crippen molar-refractivity contribution < 1.29 is 19.4 Å². The van der Waals surface area contributed by atoms with Crippen LogP contribution in [0.2, 0.25) is 0 Å². The topological polar surface area (TPSA) is 78.2 Å². The Bertz CT molecular complexity index is 673. The molecule has 0 amide bonds. The third kappa shape index (κ3) is 5.07. The summed E-state index contributed by atoms with van der Waals surface area (Å²) < 4.78 is 14.8. The van der Waals surface area contributed by atoms with E-state index in [0.717, 1.165) is 30.2 Å². The van der Waals surface area contributed by atoms with Crippen LogP contribution in [0.5, 0.6) is 0 Å². The van der Waals surface area contributed by atoms with Crippen molar-refractivity contribution in [3.8, 4) is 0 Å². The van der Waals surface area contributed by atoms with E-state index in [1.165, 1.54) is 12.1 Å². The maximum atomic E-state index is 13.0. The van der Waals surface area contributed by atoms with E-state index in [1.807, 2.05) is 6.92 Å². The Morgan fingerprint density at radius 3 is 2.71 bits per heavy atom. The van der Waals surface area contributed by atoms with Crippen LogP contribution in [-0.4, -0.2) is 25.9 Å². The number of aliphatic hydroxyl groups is 1. The maximum absolute atomic E-state index is 13.0. The number of halogens is 1. The van der Waals surface area contributed by atoms with Crippen LogP contribution in [0.15, 0.2) is 35.6 Å². The van der Waals surface area contributed by atoms with E-state index in [0.29, 0.717) is 23.8 Å². The SMILES string of the molecule is CCCC[C@H](Sc1nc(CO)cn1Cc1ccc(F)cc1)C(=O)[O-]. The van der Waals surface area contributed by atoms with Crippen LogP contribution in [0.3, 0.4) is 0 Å². The first kappa shape index (κ1) is 18.5. The number of aliphatic hydroxyl groups excluding tert-OH is 1. The molecule has 0 bridgehead atoms. The minimum absolute atomic E-state index is 0.227. The van der Waals surface area contributed by atoms with Crippen molar-refractivity contribution in [2.24, 2.45) is 0 Å². The highest BCUT2D eigenvalue weighted by atomic mass is 32.2. The number of unbranched alkanes of at least 4 members (excludes halogenated alkanes) is 1. The van der Waals surface area contributed by atoms with Crippen LogP contribution in [-0.2, 0) is 17.9 Å². The van der Waals surface area contributed by atoms with Crippen molar-refractivity contribution >= 4 is 17.7 Å². The highest BCUT2D eigenvalue weighted by Crippen LogP contribution is 2.27. The summed E-state index contributed by atoms with van der Waals surface area (Å²) in [6, 6.07) is 6.07. The quantitative estimate of drug-likeness (QED) is 0.699. The van der Waals surface area contributed by atoms with E-state index >= 15 is 0 Å². The fourth-order valence-electron chi connectivity index (χ4n) is 2.26. The molecule has 2 aromatic rings. The molecule has 0 aliphatic carbocycles. The zero-order chi connectivity index (χ0) is 17.5. The molecular weight excluding hydrogens is 331 g/mol. The summed E-state index contributed by atoms with van der Waals surface area (Å²) in [6.07, 6.45) is 3.87. The molecule has 0 spiro atoms. The smallest absolute Gasteiger partial charge is 0.169 e. The minimum Gasteiger partial charge on any atom is -0.549 e. The van der Waals surface area contributed by atoms with Crippen molar-refractivity contribution in [2.45, 2.75) is 49.7 Å². The van der Waals surface area contributed by atoms with Crippen LogP contribution < -0.4 is 5.11 Å². The number of rotatable bonds is 9. The number of aromatic nitrogens is 2. The van der Waals surface area contributed by atoms with Gasteiger partial charge in [-0.15, -0.1) is 0 Å². The van der Waals surface area contributed by atoms with Gasteiger partial charge in [-0.3, -0.25) is 0 Å². The van der Waals surface area contributed by atoms with Crippen molar-refractivity contribution in [1.29, 1.82) is 0 Å². The zero-order valence-electron chi connectivity index (χ0n) is 13.4. The molecule has 0 aliphatic rings. The molecule has 0 aliphatic heterocycles. The third-order valence-electron chi connectivity index (χ3n) is 3.55. The van der Waals surface area contributed by atoms with Crippen LogP contribution in [0, 0.1) is 5.82 Å². The number of hydrogen-bond donors (Lipinski definition) is 1. The van der Waals surface area contributed by atoms with E-state index in [9.17, 15) is 19.4 Å². The van der Waals surface area contributed by atoms with E-state index < -0.39 is 11.2 Å². The fraction of sp³-hybridized carbons (Fsp3) is 0.412. The van der Waals surface area contributed by atoms with Gasteiger partial charge in [0, 0.05) is 12.7 Å². The first-order chi connectivity index (χ1) is 11.5. The van der Waals surface area contributed by atoms with Gasteiger partial charge in [-0.2, -0.15) is 0 Å². The van der Waals surface area contributed by atoms with Gasteiger partial charge >= 0.3 is 0 Å². The molecule has 1 N–H and O–H groups in total. The molecule has 24 heavy (non-hydrogen) atoms. The Morgan fingerprint density at radius 2 is 2.12 bits per heavy atom. The standard InChI is InChI=1S/C17H21FN2O3S/c1-2-3-4-15(16(22)23)24-17-19-14(11-21)10-20(17)9-12-5-7-13(18)8-6-12/h5-8,10,15,21H,2-4,9,11H2,1H3,(H,22,23)/p-1/t15-/m0/s1. The van der Waals surface area contributed by atoms with Crippen LogP contribution in [0.25, 0.3) is 0 Å². The molecule has 1 heterocycles. The van der Waals surface area contributed by atoms with Crippen molar-refractivity contribution in [3.05, 3.63) is 47.5 Å². The number of carbonyl (C=O) groups is 1. The predicted molar refractivity (Wildman–Crippen MR) is 87.8 cm³/mol. The second-order valence-corrected chi connectivity index (χ2v) is 6.66. The van der Waals surface area contributed by atoms with E-state index in [2.05, 4.69) is 4.98 Å². The van der Waals surface area contributed by atoms with Gasteiger partial charge in [-0.1, -0.05) is 43.7 Å². The molecule has 1 aromatic carbocycles. The number of hydrogen-bond acceptors (Lipinski definition) is 5. The lowest BCUT2D eigenvalue weighted by atomic mass is 10.2. The van der Waals surface area contributed by atoms with Crippen molar-refractivity contribution in [3.63, 3.8) is 0 Å². The van der Waals surface area contributed by atoms with E-state index in [-0.39, 0.29) is 12.4 Å². The summed E-state index contributed by atoms with van der Waals surface area (Å²) in [6.45, 7) is 2.19. The van der Waals surface area contributed by atoms with E-state index in [4.69, 9.17) is 0 Å². The zero-order valence-corrected chi connectivity index (χ0v) is 14.3. The summed E-state index contributed by atoms with van der Waals surface area (Å²) in [7, 11) is 0. The first-order valence-electron chi connectivity index (χ1n) is 7.82. The summed E-state index contributed by atoms with van der Waals surface area (Å²) in [5.74, 6) is -1.43. The summed E-state index contributed by atoms with van der Waals surface area (Å²) in [5.41, 5.74) is 1.32. The number of benzene rings is 1. The molecule has 0 saturated heterocycles. The van der Waals surface area contributed by atoms with Crippen LogP contribution >= 0.6 is 11.8 Å².